The maximum absolute atomic E-state index is 12.8. The third kappa shape index (κ3) is 3.30. The Balaban J connectivity index is 2.43. The van der Waals surface area contributed by atoms with Crippen LogP contribution in [0.5, 0.6) is 0 Å². The Morgan fingerprint density at radius 1 is 1.30 bits per heavy atom. The highest BCUT2D eigenvalue weighted by Crippen LogP contribution is 2.27. The summed E-state index contributed by atoms with van der Waals surface area (Å²) in [7, 11) is 0. The van der Waals surface area contributed by atoms with E-state index in [9.17, 15) is 13.2 Å². The van der Waals surface area contributed by atoms with Gasteiger partial charge in [0.15, 0.2) is 0 Å². The fourth-order valence-electron chi connectivity index (χ4n) is 2.28. The highest BCUT2D eigenvalue weighted by Gasteiger charge is 2.31. The summed E-state index contributed by atoms with van der Waals surface area (Å²) in [5, 5.41) is 0. The summed E-state index contributed by atoms with van der Waals surface area (Å²) < 4.78 is 39.4. The minimum Gasteiger partial charge on any atom is -0.321 e. The molecular formula is C14H18F3N3. The van der Waals surface area contributed by atoms with Crippen molar-refractivity contribution in [3.05, 3.63) is 30.1 Å². The molecule has 1 heterocycles. The van der Waals surface area contributed by atoms with Crippen LogP contribution in [0.25, 0.3) is 11.0 Å². The maximum atomic E-state index is 12.8. The first-order valence-corrected chi connectivity index (χ1v) is 6.70. The standard InChI is InChI=1S/C14H18F3N3/c1-2-3-6-10(18)13-19-11-7-4-5-8-12(11)20(13)9-14(15,16)17/h4-5,7-8,10H,2-3,6,9,18H2,1H3. The predicted octanol–water partition coefficient (Wildman–Crippen LogP) is 3.79. The van der Waals surface area contributed by atoms with E-state index in [1.807, 2.05) is 6.92 Å². The van der Waals surface area contributed by atoms with Crippen LogP contribution in [-0.4, -0.2) is 15.7 Å². The van der Waals surface area contributed by atoms with Crippen molar-refractivity contribution < 1.29 is 13.2 Å². The van der Waals surface area contributed by atoms with Crippen LogP contribution in [0.4, 0.5) is 13.2 Å². The summed E-state index contributed by atoms with van der Waals surface area (Å²) in [6.45, 7) is 0.966. The normalized spacial score (nSPS) is 13.8. The van der Waals surface area contributed by atoms with Crippen LogP contribution in [0, 0.1) is 0 Å². The van der Waals surface area contributed by atoms with Gasteiger partial charge in [0.25, 0.3) is 0 Å². The van der Waals surface area contributed by atoms with Gasteiger partial charge in [0.1, 0.15) is 12.4 Å². The second kappa shape index (κ2) is 5.83. The fourth-order valence-corrected chi connectivity index (χ4v) is 2.28. The number of fused-ring (bicyclic) bond motifs is 1. The number of halogens is 3. The van der Waals surface area contributed by atoms with Gasteiger partial charge in [-0.05, 0) is 18.6 Å². The van der Waals surface area contributed by atoms with E-state index in [-0.39, 0.29) is 0 Å². The van der Waals surface area contributed by atoms with Crippen LogP contribution in [0.2, 0.25) is 0 Å². The molecule has 0 aliphatic heterocycles. The maximum Gasteiger partial charge on any atom is 0.406 e. The zero-order valence-corrected chi connectivity index (χ0v) is 11.3. The molecule has 2 rings (SSSR count). The van der Waals surface area contributed by atoms with Crippen molar-refractivity contribution in [1.82, 2.24) is 9.55 Å². The molecule has 3 nitrogen and oxygen atoms in total. The number of hydrogen-bond acceptors (Lipinski definition) is 2. The Hall–Kier alpha value is -1.56. The van der Waals surface area contributed by atoms with Crippen molar-refractivity contribution in [3.8, 4) is 0 Å². The third-order valence-corrected chi connectivity index (χ3v) is 3.22. The van der Waals surface area contributed by atoms with Gasteiger partial charge in [-0.3, -0.25) is 0 Å². The number of unbranched alkanes of at least 4 members (excludes halogenated alkanes) is 1. The number of aromatic nitrogens is 2. The first-order chi connectivity index (χ1) is 9.42. The molecule has 1 unspecified atom stereocenters. The molecule has 110 valence electrons. The molecule has 0 amide bonds. The number of rotatable bonds is 5. The smallest absolute Gasteiger partial charge is 0.321 e. The molecule has 2 aromatic rings. The number of imidazole rings is 1. The predicted molar refractivity (Wildman–Crippen MR) is 72.2 cm³/mol. The number of alkyl halides is 3. The van der Waals surface area contributed by atoms with Crippen molar-refractivity contribution in [2.75, 3.05) is 0 Å². The summed E-state index contributed by atoms with van der Waals surface area (Å²) in [6, 6.07) is 6.35. The van der Waals surface area contributed by atoms with Crippen LogP contribution in [0.3, 0.4) is 0 Å². The Kier molecular flexibility index (Phi) is 4.32. The average Bonchev–Trinajstić information content (AvgIpc) is 2.73. The van der Waals surface area contributed by atoms with E-state index in [1.54, 1.807) is 24.3 Å². The summed E-state index contributed by atoms with van der Waals surface area (Å²) in [5.74, 6) is 0.317. The Labute approximate surface area is 115 Å². The third-order valence-electron chi connectivity index (χ3n) is 3.22. The highest BCUT2D eigenvalue weighted by atomic mass is 19.4. The average molecular weight is 285 g/mol. The summed E-state index contributed by atoms with van der Waals surface area (Å²) in [5.41, 5.74) is 7.05. The van der Waals surface area contributed by atoms with Gasteiger partial charge in [-0.1, -0.05) is 31.9 Å². The fraction of sp³-hybridized carbons (Fsp3) is 0.500. The molecule has 0 aliphatic rings. The minimum atomic E-state index is -4.29. The lowest BCUT2D eigenvalue weighted by Crippen LogP contribution is -2.23. The van der Waals surface area contributed by atoms with E-state index < -0.39 is 18.8 Å². The molecule has 6 heteroatoms. The molecule has 0 bridgehead atoms. The van der Waals surface area contributed by atoms with Crippen molar-refractivity contribution in [2.24, 2.45) is 5.73 Å². The zero-order chi connectivity index (χ0) is 14.8. The topological polar surface area (TPSA) is 43.8 Å². The van der Waals surface area contributed by atoms with Gasteiger partial charge in [-0.25, -0.2) is 4.98 Å². The summed E-state index contributed by atoms with van der Waals surface area (Å²) in [4.78, 5) is 4.29. The molecule has 0 spiro atoms. The lowest BCUT2D eigenvalue weighted by atomic mass is 10.1. The lowest BCUT2D eigenvalue weighted by molar-refractivity contribution is -0.140. The van der Waals surface area contributed by atoms with E-state index in [0.717, 1.165) is 12.8 Å². The van der Waals surface area contributed by atoms with Gasteiger partial charge in [0, 0.05) is 0 Å². The molecule has 0 saturated heterocycles. The largest absolute Gasteiger partial charge is 0.406 e. The van der Waals surface area contributed by atoms with E-state index >= 15 is 0 Å². The van der Waals surface area contributed by atoms with Gasteiger partial charge in [-0.15, -0.1) is 0 Å². The molecule has 0 radical (unpaired) electrons. The van der Waals surface area contributed by atoms with Gasteiger partial charge in [0.2, 0.25) is 0 Å². The van der Waals surface area contributed by atoms with Crippen LogP contribution in [0.1, 0.15) is 38.1 Å². The van der Waals surface area contributed by atoms with Gasteiger partial charge < -0.3 is 10.3 Å². The molecule has 1 aromatic heterocycles. The highest BCUT2D eigenvalue weighted by molar-refractivity contribution is 5.76. The van der Waals surface area contributed by atoms with Crippen molar-refractivity contribution in [2.45, 2.75) is 44.9 Å². The van der Waals surface area contributed by atoms with Gasteiger partial charge in [-0.2, -0.15) is 13.2 Å². The Morgan fingerprint density at radius 3 is 2.65 bits per heavy atom. The molecule has 0 aliphatic carbocycles. The number of hydrogen-bond donors (Lipinski definition) is 1. The van der Waals surface area contributed by atoms with Gasteiger partial charge in [0.05, 0.1) is 17.1 Å². The quantitative estimate of drug-likeness (QED) is 0.908. The molecule has 20 heavy (non-hydrogen) atoms. The number of nitrogens with zero attached hydrogens (tertiary/aromatic N) is 2. The molecule has 2 N–H and O–H groups in total. The van der Waals surface area contributed by atoms with Crippen molar-refractivity contribution in [1.29, 1.82) is 0 Å². The number of benzene rings is 1. The van der Waals surface area contributed by atoms with E-state index in [0.29, 0.717) is 23.3 Å². The molecule has 1 aromatic carbocycles. The summed E-state index contributed by atoms with van der Waals surface area (Å²) >= 11 is 0. The second-order valence-corrected chi connectivity index (χ2v) is 4.91. The van der Waals surface area contributed by atoms with Crippen LogP contribution in [-0.2, 0) is 6.54 Å². The van der Waals surface area contributed by atoms with Crippen molar-refractivity contribution in [3.63, 3.8) is 0 Å². The Morgan fingerprint density at radius 2 is 2.00 bits per heavy atom. The number of nitrogens with two attached hydrogens (primary N) is 1. The molecule has 1 atom stereocenters. The van der Waals surface area contributed by atoms with Crippen LogP contribution >= 0.6 is 0 Å². The van der Waals surface area contributed by atoms with E-state index in [2.05, 4.69) is 4.98 Å². The monoisotopic (exact) mass is 285 g/mol. The molecule has 0 fully saturated rings. The summed E-state index contributed by atoms with van der Waals surface area (Å²) in [6.07, 6.45) is -1.83. The molecular weight excluding hydrogens is 267 g/mol. The van der Waals surface area contributed by atoms with Gasteiger partial charge >= 0.3 is 6.18 Å². The minimum absolute atomic E-state index is 0.317. The van der Waals surface area contributed by atoms with E-state index in [1.165, 1.54) is 4.57 Å². The molecule has 0 saturated carbocycles. The van der Waals surface area contributed by atoms with Crippen LogP contribution in [0.15, 0.2) is 24.3 Å². The zero-order valence-electron chi connectivity index (χ0n) is 11.3. The van der Waals surface area contributed by atoms with E-state index in [4.69, 9.17) is 5.73 Å². The van der Waals surface area contributed by atoms with Crippen LogP contribution < -0.4 is 5.73 Å². The SMILES string of the molecule is CCCCC(N)c1nc2ccccc2n1CC(F)(F)F. The Bertz CT molecular complexity index is 575. The first kappa shape index (κ1) is 14.8. The number of para-hydroxylation sites is 2. The second-order valence-electron chi connectivity index (χ2n) is 4.91. The van der Waals surface area contributed by atoms with Crippen molar-refractivity contribution >= 4 is 11.0 Å². The lowest BCUT2D eigenvalue weighted by Gasteiger charge is -2.16. The first-order valence-electron chi connectivity index (χ1n) is 6.70.